The smallest absolute Gasteiger partial charge is 0.344 e. The zero-order chi connectivity index (χ0) is 24.0. The van der Waals surface area contributed by atoms with Gasteiger partial charge in [-0.3, -0.25) is 0 Å². The predicted octanol–water partition coefficient (Wildman–Crippen LogP) is 6.89. The minimum absolute atomic E-state index is 0.264. The van der Waals surface area contributed by atoms with Crippen LogP contribution in [0.4, 0.5) is 5.69 Å². The Bertz CT molecular complexity index is 1710. The van der Waals surface area contributed by atoms with Crippen molar-refractivity contribution >= 4 is 39.0 Å². The van der Waals surface area contributed by atoms with Crippen LogP contribution in [0.15, 0.2) is 112 Å². The van der Waals surface area contributed by atoms with Crippen molar-refractivity contribution in [3.63, 3.8) is 0 Å². The Morgan fingerprint density at radius 2 is 1.49 bits per heavy atom. The molecule has 0 saturated carbocycles. The van der Waals surface area contributed by atoms with Gasteiger partial charge in [-0.25, -0.2) is 4.79 Å². The van der Waals surface area contributed by atoms with Crippen molar-refractivity contribution in [3.05, 3.63) is 130 Å². The van der Waals surface area contributed by atoms with E-state index in [4.69, 9.17) is 4.42 Å². The highest BCUT2D eigenvalue weighted by Gasteiger charge is 2.47. The molecule has 0 N–H and O–H groups in total. The monoisotopic (exact) mass is 456 g/mol. The van der Waals surface area contributed by atoms with Crippen LogP contribution in [0.5, 0.6) is 0 Å². The summed E-state index contributed by atoms with van der Waals surface area (Å²) in [6.07, 6.45) is 4.91. The molecule has 0 aliphatic carbocycles. The highest BCUT2D eigenvalue weighted by molar-refractivity contribution is 6.09. The lowest BCUT2D eigenvalue weighted by Gasteiger charge is -2.24. The van der Waals surface area contributed by atoms with Crippen LogP contribution >= 0.6 is 0 Å². The molecule has 3 heteroatoms. The minimum Gasteiger partial charge on any atom is -0.423 e. The van der Waals surface area contributed by atoms with E-state index >= 15 is 0 Å². The molecular formula is C32H26NO2+. The summed E-state index contributed by atoms with van der Waals surface area (Å²) in [6.45, 7) is 2.32. The Morgan fingerprint density at radius 3 is 2.29 bits per heavy atom. The van der Waals surface area contributed by atoms with Crippen LogP contribution in [-0.4, -0.2) is 17.3 Å². The molecule has 0 amide bonds. The zero-order valence-electron chi connectivity index (χ0n) is 19.9. The van der Waals surface area contributed by atoms with Crippen molar-refractivity contribution in [2.75, 3.05) is 7.05 Å². The third-order valence-electron chi connectivity index (χ3n) is 7.24. The highest BCUT2D eigenvalue weighted by Crippen LogP contribution is 2.45. The lowest BCUT2D eigenvalue weighted by molar-refractivity contribution is -0.401. The SMILES string of the molecule is C[N+]1=C(C=Cc2cc3ccccc3c(=O)o2)C(C)(Cc2ccccc2)c2c1ccc1ccccc21. The molecule has 1 aliphatic rings. The molecule has 1 unspecified atom stereocenters. The van der Waals surface area contributed by atoms with Gasteiger partial charge in [0.05, 0.1) is 10.8 Å². The highest BCUT2D eigenvalue weighted by atomic mass is 16.4. The van der Waals surface area contributed by atoms with Crippen molar-refractivity contribution in [3.8, 4) is 0 Å². The first-order chi connectivity index (χ1) is 17.0. The molecular weight excluding hydrogens is 430 g/mol. The quantitative estimate of drug-likeness (QED) is 0.276. The summed E-state index contributed by atoms with van der Waals surface area (Å²) in [7, 11) is 2.13. The van der Waals surface area contributed by atoms with Gasteiger partial charge in [-0.15, -0.1) is 0 Å². The summed E-state index contributed by atoms with van der Waals surface area (Å²) in [5.41, 5.74) is 4.42. The number of benzene rings is 4. The van der Waals surface area contributed by atoms with E-state index in [1.807, 2.05) is 30.3 Å². The van der Waals surface area contributed by atoms with Crippen LogP contribution in [0.1, 0.15) is 23.8 Å². The maximum atomic E-state index is 12.5. The first-order valence-electron chi connectivity index (χ1n) is 11.9. The molecule has 0 fully saturated rings. The van der Waals surface area contributed by atoms with Gasteiger partial charge >= 0.3 is 5.63 Å². The van der Waals surface area contributed by atoms with E-state index in [1.54, 1.807) is 6.07 Å². The summed E-state index contributed by atoms with van der Waals surface area (Å²) in [4.78, 5) is 12.5. The van der Waals surface area contributed by atoms with Crippen molar-refractivity contribution < 1.29 is 8.99 Å². The first-order valence-corrected chi connectivity index (χ1v) is 11.9. The van der Waals surface area contributed by atoms with E-state index in [9.17, 15) is 4.79 Å². The molecule has 2 heterocycles. The van der Waals surface area contributed by atoms with Crippen LogP contribution in [0, 0.1) is 0 Å². The van der Waals surface area contributed by atoms with Gasteiger partial charge in [-0.05, 0) is 59.3 Å². The molecule has 4 aromatic carbocycles. The van der Waals surface area contributed by atoms with Crippen LogP contribution in [0.2, 0.25) is 0 Å². The standard InChI is InChI=1S/C32H26NO2/c1-32(21-22-10-4-3-5-11-22)29(19-17-25-20-24-13-7-9-15-27(24)31(34)35-25)33(2)28-18-16-23-12-6-8-14-26(23)30(28)32/h3-20H,21H2,1-2H3/q+1. The summed E-state index contributed by atoms with van der Waals surface area (Å²) >= 11 is 0. The fourth-order valence-corrected chi connectivity index (χ4v) is 5.62. The lowest BCUT2D eigenvalue weighted by Crippen LogP contribution is -2.33. The van der Waals surface area contributed by atoms with E-state index in [0.29, 0.717) is 11.1 Å². The number of allylic oxidation sites excluding steroid dienone is 1. The van der Waals surface area contributed by atoms with E-state index in [1.165, 1.54) is 33.3 Å². The summed E-state index contributed by atoms with van der Waals surface area (Å²) in [5.74, 6) is 0.553. The van der Waals surface area contributed by atoms with Crippen LogP contribution in [0.3, 0.4) is 0 Å². The number of hydrogen-bond donors (Lipinski definition) is 0. The molecule has 3 nitrogen and oxygen atoms in total. The molecule has 0 radical (unpaired) electrons. The minimum atomic E-state index is -0.311. The second-order valence-corrected chi connectivity index (χ2v) is 9.48. The van der Waals surface area contributed by atoms with Gasteiger partial charge in [-0.2, -0.15) is 4.58 Å². The van der Waals surface area contributed by atoms with Crippen LogP contribution in [0.25, 0.3) is 27.6 Å². The van der Waals surface area contributed by atoms with Crippen molar-refractivity contribution in [1.29, 1.82) is 0 Å². The average Bonchev–Trinajstić information content (AvgIpc) is 3.09. The first kappa shape index (κ1) is 21.3. The Balaban J connectivity index is 1.52. The van der Waals surface area contributed by atoms with E-state index in [2.05, 4.69) is 91.4 Å². The van der Waals surface area contributed by atoms with Crippen molar-refractivity contribution in [1.82, 2.24) is 0 Å². The second-order valence-electron chi connectivity index (χ2n) is 9.48. The number of rotatable bonds is 4. The Kier molecular flexibility index (Phi) is 5.00. The molecule has 1 aliphatic heterocycles. The summed E-state index contributed by atoms with van der Waals surface area (Å²) in [6, 6.07) is 33.1. The van der Waals surface area contributed by atoms with Crippen LogP contribution < -0.4 is 5.63 Å². The predicted molar refractivity (Wildman–Crippen MR) is 144 cm³/mol. The van der Waals surface area contributed by atoms with Crippen molar-refractivity contribution in [2.45, 2.75) is 18.8 Å². The molecule has 1 atom stereocenters. The second kappa shape index (κ2) is 8.21. The molecule has 0 saturated heterocycles. The van der Waals surface area contributed by atoms with Gasteiger partial charge < -0.3 is 4.42 Å². The Labute approximate surface area is 204 Å². The maximum absolute atomic E-state index is 12.5. The number of hydrogen-bond acceptors (Lipinski definition) is 2. The van der Waals surface area contributed by atoms with E-state index in [-0.39, 0.29) is 11.0 Å². The topological polar surface area (TPSA) is 33.2 Å². The normalized spacial score (nSPS) is 17.5. The van der Waals surface area contributed by atoms with Gasteiger partial charge in [-0.1, -0.05) is 72.8 Å². The summed E-state index contributed by atoms with van der Waals surface area (Å²) < 4.78 is 7.92. The Morgan fingerprint density at radius 1 is 0.800 bits per heavy atom. The third kappa shape index (κ3) is 3.52. The van der Waals surface area contributed by atoms with Gasteiger partial charge in [0.25, 0.3) is 0 Å². The molecule has 0 bridgehead atoms. The van der Waals surface area contributed by atoms with Crippen LogP contribution in [-0.2, 0) is 11.8 Å². The average molecular weight is 457 g/mol. The maximum Gasteiger partial charge on any atom is 0.344 e. The molecule has 6 rings (SSSR count). The molecule has 35 heavy (non-hydrogen) atoms. The Hall–Kier alpha value is -4.24. The fourth-order valence-electron chi connectivity index (χ4n) is 5.62. The molecule has 5 aromatic rings. The zero-order valence-corrected chi connectivity index (χ0v) is 19.9. The van der Waals surface area contributed by atoms with Gasteiger partial charge in [0.1, 0.15) is 12.8 Å². The molecule has 0 spiro atoms. The van der Waals surface area contributed by atoms with E-state index in [0.717, 1.165) is 11.8 Å². The van der Waals surface area contributed by atoms with Crippen molar-refractivity contribution in [2.24, 2.45) is 0 Å². The summed E-state index contributed by atoms with van der Waals surface area (Å²) in [5, 5.41) is 4.00. The van der Waals surface area contributed by atoms with Gasteiger partial charge in [0, 0.05) is 17.7 Å². The molecule has 170 valence electrons. The fraction of sp³-hybridized carbons (Fsp3) is 0.125. The lowest BCUT2D eigenvalue weighted by atomic mass is 9.73. The number of nitrogens with zero attached hydrogens (tertiary/aromatic N) is 1. The number of fused-ring (bicyclic) bond motifs is 4. The van der Waals surface area contributed by atoms with Gasteiger partial charge in [0.2, 0.25) is 5.69 Å². The molecule has 1 aromatic heterocycles. The van der Waals surface area contributed by atoms with Gasteiger partial charge in [0.15, 0.2) is 5.71 Å². The third-order valence-corrected chi connectivity index (χ3v) is 7.24. The van der Waals surface area contributed by atoms with E-state index < -0.39 is 0 Å². The largest absolute Gasteiger partial charge is 0.423 e.